The van der Waals surface area contributed by atoms with Crippen molar-refractivity contribution < 1.29 is 9.13 Å². The highest BCUT2D eigenvalue weighted by Gasteiger charge is 2.44. The number of hydrogen-bond acceptors (Lipinski definition) is 2. The lowest BCUT2D eigenvalue weighted by Gasteiger charge is -2.50. The van der Waals surface area contributed by atoms with Crippen molar-refractivity contribution in [2.75, 3.05) is 6.54 Å². The number of ether oxygens (including phenoxy) is 1. The second-order valence-corrected chi connectivity index (χ2v) is 7.61. The number of halogens is 1. The van der Waals surface area contributed by atoms with Crippen molar-refractivity contribution in [1.82, 2.24) is 5.32 Å². The summed E-state index contributed by atoms with van der Waals surface area (Å²) in [5.74, 6) is -0.187. The first kappa shape index (κ1) is 15.0. The summed E-state index contributed by atoms with van der Waals surface area (Å²) in [7, 11) is 0. The van der Waals surface area contributed by atoms with E-state index in [9.17, 15) is 4.39 Å². The van der Waals surface area contributed by atoms with Gasteiger partial charge >= 0.3 is 0 Å². The van der Waals surface area contributed by atoms with Gasteiger partial charge < -0.3 is 10.1 Å². The third kappa shape index (κ3) is 3.14. The van der Waals surface area contributed by atoms with E-state index < -0.39 is 0 Å². The zero-order valence-corrected chi connectivity index (χ0v) is 13.3. The fraction of sp³-hybridized carbons (Fsp3) is 0.667. The molecule has 2 nitrogen and oxygen atoms in total. The van der Waals surface area contributed by atoms with Crippen molar-refractivity contribution in [2.45, 2.75) is 64.2 Å². The van der Waals surface area contributed by atoms with E-state index in [1.807, 2.05) is 6.07 Å². The molecule has 21 heavy (non-hydrogen) atoms. The molecule has 2 atom stereocenters. The monoisotopic (exact) mass is 291 g/mol. The van der Waals surface area contributed by atoms with Crippen molar-refractivity contribution in [1.29, 1.82) is 0 Å². The minimum absolute atomic E-state index is 0.0596. The Hall–Kier alpha value is -0.930. The molecule has 1 saturated heterocycles. The molecule has 116 valence electrons. The highest BCUT2D eigenvalue weighted by molar-refractivity contribution is 5.21. The Bertz CT molecular complexity index is 504. The molecular formula is C18H26FNO. The van der Waals surface area contributed by atoms with Crippen LogP contribution >= 0.6 is 0 Å². The van der Waals surface area contributed by atoms with Crippen molar-refractivity contribution in [2.24, 2.45) is 5.41 Å². The SMILES string of the molecule is CC1NCC2(CCC(C)(C)CC2)OC1c1cccc(F)c1. The quantitative estimate of drug-likeness (QED) is 0.836. The maximum Gasteiger partial charge on any atom is 0.123 e. The molecule has 1 aliphatic heterocycles. The normalized spacial score (nSPS) is 31.2. The van der Waals surface area contributed by atoms with Crippen LogP contribution in [0.4, 0.5) is 4.39 Å². The van der Waals surface area contributed by atoms with Crippen LogP contribution in [0, 0.1) is 11.2 Å². The second kappa shape index (κ2) is 5.36. The molecular weight excluding hydrogens is 265 g/mol. The fourth-order valence-corrected chi connectivity index (χ4v) is 3.58. The predicted molar refractivity (Wildman–Crippen MR) is 82.7 cm³/mol. The van der Waals surface area contributed by atoms with E-state index in [1.165, 1.54) is 18.9 Å². The molecule has 1 aromatic rings. The number of hydrogen-bond donors (Lipinski definition) is 1. The van der Waals surface area contributed by atoms with Gasteiger partial charge in [0, 0.05) is 12.6 Å². The minimum Gasteiger partial charge on any atom is -0.364 e. The zero-order chi connectivity index (χ0) is 15.1. The molecule has 0 radical (unpaired) electrons. The van der Waals surface area contributed by atoms with Gasteiger partial charge in [0.05, 0.1) is 11.7 Å². The smallest absolute Gasteiger partial charge is 0.123 e. The molecule has 1 saturated carbocycles. The first-order valence-corrected chi connectivity index (χ1v) is 8.06. The van der Waals surface area contributed by atoms with Gasteiger partial charge in [-0.3, -0.25) is 0 Å². The maximum atomic E-state index is 13.5. The van der Waals surface area contributed by atoms with E-state index in [0.717, 1.165) is 24.9 Å². The van der Waals surface area contributed by atoms with E-state index in [0.29, 0.717) is 5.41 Å². The maximum absolute atomic E-state index is 13.5. The lowest BCUT2D eigenvalue weighted by atomic mass is 9.70. The standard InChI is InChI=1S/C18H26FNO/c1-13-16(14-5-4-6-15(19)11-14)21-18(12-20-13)9-7-17(2,3)8-10-18/h4-6,11,13,16,20H,7-10,12H2,1-3H3. The summed E-state index contributed by atoms with van der Waals surface area (Å²) < 4.78 is 20.0. The van der Waals surface area contributed by atoms with Crippen LogP contribution in [0.5, 0.6) is 0 Å². The van der Waals surface area contributed by atoms with Gasteiger partial charge in [-0.25, -0.2) is 4.39 Å². The van der Waals surface area contributed by atoms with Gasteiger partial charge in [-0.15, -0.1) is 0 Å². The van der Waals surface area contributed by atoms with Crippen LogP contribution in [0.2, 0.25) is 0 Å². The van der Waals surface area contributed by atoms with E-state index >= 15 is 0 Å². The summed E-state index contributed by atoms with van der Waals surface area (Å²) in [5, 5.41) is 3.59. The van der Waals surface area contributed by atoms with Gasteiger partial charge in [-0.05, 0) is 55.7 Å². The van der Waals surface area contributed by atoms with Crippen molar-refractivity contribution in [3.63, 3.8) is 0 Å². The van der Waals surface area contributed by atoms with Gasteiger partial charge in [0.15, 0.2) is 0 Å². The van der Waals surface area contributed by atoms with Crippen LogP contribution in [0.3, 0.4) is 0 Å². The average Bonchev–Trinajstić information content (AvgIpc) is 2.45. The summed E-state index contributed by atoms with van der Waals surface area (Å²) in [5.41, 5.74) is 1.30. The molecule has 2 unspecified atom stereocenters. The van der Waals surface area contributed by atoms with Crippen molar-refractivity contribution >= 4 is 0 Å². The first-order chi connectivity index (χ1) is 9.89. The molecule has 1 aliphatic carbocycles. The van der Waals surface area contributed by atoms with Crippen molar-refractivity contribution in [3.8, 4) is 0 Å². The largest absolute Gasteiger partial charge is 0.364 e. The molecule has 0 amide bonds. The third-order valence-electron chi connectivity index (χ3n) is 5.27. The van der Waals surface area contributed by atoms with Crippen molar-refractivity contribution in [3.05, 3.63) is 35.6 Å². The van der Waals surface area contributed by atoms with Crippen LogP contribution in [0.15, 0.2) is 24.3 Å². The first-order valence-electron chi connectivity index (χ1n) is 8.06. The molecule has 3 heteroatoms. The molecule has 2 aliphatic rings. The Labute approximate surface area is 127 Å². The molecule has 0 aromatic heterocycles. The second-order valence-electron chi connectivity index (χ2n) is 7.61. The molecule has 0 bridgehead atoms. The van der Waals surface area contributed by atoms with E-state index in [1.54, 1.807) is 12.1 Å². The molecule has 1 heterocycles. The molecule has 1 N–H and O–H groups in total. The minimum atomic E-state index is -0.187. The summed E-state index contributed by atoms with van der Waals surface area (Å²) in [6.45, 7) is 7.71. The fourth-order valence-electron chi connectivity index (χ4n) is 3.58. The summed E-state index contributed by atoms with van der Waals surface area (Å²) in [6, 6.07) is 7.05. The van der Waals surface area contributed by atoms with E-state index in [4.69, 9.17) is 4.74 Å². The Morgan fingerprint density at radius 3 is 2.57 bits per heavy atom. The Morgan fingerprint density at radius 1 is 1.19 bits per heavy atom. The molecule has 3 rings (SSSR count). The van der Waals surface area contributed by atoms with Gasteiger partial charge in [0.25, 0.3) is 0 Å². The highest BCUT2D eigenvalue weighted by atomic mass is 19.1. The number of benzene rings is 1. The lowest BCUT2D eigenvalue weighted by molar-refractivity contribution is -0.161. The summed E-state index contributed by atoms with van der Waals surface area (Å²) >= 11 is 0. The Morgan fingerprint density at radius 2 is 1.90 bits per heavy atom. The zero-order valence-electron chi connectivity index (χ0n) is 13.3. The van der Waals surface area contributed by atoms with Crippen LogP contribution in [0.1, 0.15) is 58.1 Å². The number of nitrogens with one attached hydrogen (secondary N) is 1. The average molecular weight is 291 g/mol. The number of morpholine rings is 1. The molecule has 2 fully saturated rings. The van der Waals surface area contributed by atoms with Gasteiger partial charge in [-0.1, -0.05) is 26.0 Å². The summed E-state index contributed by atoms with van der Waals surface area (Å²) in [4.78, 5) is 0. The van der Waals surface area contributed by atoms with Gasteiger partial charge in [0.2, 0.25) is 0 Å². The highest BCUT2D eigenvalue weighted by Crippen LogP contribution is 2.45. The summed E-state index contributed by atoms with van der Waals surface area (Å²) in [6.07, 6.45) is 4.50. The topological polar surface area (TPSA) is 21.3 Å². The van der Waals surface area contributed by atoms with Gasteiger partial charge in [-0.2, -0.15) is 0 Å². The predicted octanol–water partition coefficient (Wildman–Crippen LogP) is 4.21. The van der Waals surface area contributed by atoms with E-state index in [-0.39, 0.29) is 23.6 Å². The molecule has 1 spiro atoms. The van der Waals surface area contributed by atoms with Crippen LogP contribution in [0.25, 0.3) is 0 Å². The Kier molecular flexibility index (Phi) is 3.83. The third-order valence-corrected chi connectivity index (χ3v) is 5.27. The van der Waals surface area contributed by atoms with Crippen LogP contribution in [-0.4, -0.2) is 18.2 Å². The van der Waals surface area contributed by atoms with Gasteiger partial charge in [0.1, 0.15) is 5.82 Å². The van der Waals surface area contributed by atoms with Crippen LogP contribution < -0.4 is 5.32 Å². The number of rotatable bonds is 1. The van der Waals surface area contributed by atoms with Crippen LogP contribution in [-0.2, 0) is 4.74 Å². The van der Waals surface area contributed by atoms with E-state index in [2.05, 4.69) is 26.1 Å². The molecule has 1 aromatic carbocycles. The lowest BCUT2D eigenvalue weighted by Crippen LogP contribution is -2.56. The Balaban J connectivity index is 1.79.